The molecule has 0 saturated carbocycles. The van der Waals surface area contributed by atoms with E-state index in [2.05, 4.69) is 0 Å². The van der Waals surface area contributed by atoms with Gasteiger partial charge in [0, 0.05) is 0 Å². The van der Waals surface area contributed by atoms with Gasteiger partial charge in [0.15, 0.2) is 0 Å². The molecule has 1 unspecified atom stereocenters. The van der Waals surface area contributed by atoms with Gasteiger partial charge in [-0.25, -0.2) is 0 Å². The molecule has 0 aromatic heterocycles. The molecule has 1 atom stereocenters. The average molecular weight is 115 g/mol. The summed E-state index contributed by atoms with van der Waals surface area (Å²) in [6.07, 6.45) is 1.07. The van der Waals surface area contributed by atoms with E-state index in [4.69, 9.17) is 15.6 Å². The lowest BCUT2D eigenvalue weighted by Crippen LogP contribution is -2.11. The zero-order valence-corrected chi connectivity index (χ0v) is 4.63. The molecule has 0 heterocycles. The van der Waals surface area contributed by atoms with Crippen molar-refractivity contribution >= 4 is 5.71 Å². The highest BCUT2D eigenvalue weighted by atomic mass is 16.3. The lowest BCUT2D eigenvalue weighted by Gasteiger charge is -1.97. The molecular formula is C5H9NO2. The Balaban J connectivity index is 3.66. The average Bonchev–Trinajstić information content (AvgIpc) is 1.67. The van der Waals surface area contributed by atoms with Gasteiger partial charge in [-0.2, -0.15) is 0 Å². The number of nitrogens with one attached hydrogen (secondary N) is 1. The Morgan fingerprint density at radius 2 is 2.25 bits per heavy atom. The molecular weight excluding hydrogens is 106 g/mol. The largest absolute Gasteiger partial charge is 0.516 e. The van der Waals surface area contributed by atoms with Crippen LogP contribution in [0.25, 0.3) is 0 Å². The minimum absolute atomic E-state index is 0.00694. The minimum Gasteiger partial charge on any atom is -0.516 e. The first kappa shape index (κ1) is 7.17. The van der Waals surface area contributed by atoms with Gasteiger partial charge in [0.1, 0.15) is 0 Å². The van der Waals surface area contributed by atoms with Crippen molar-refractivity contribution in [2.45, 2.75) is 13.0 Å². The van der Waals surface area contributed by atoms with E-state index in [9.17, 15) is 0 Å². The zero-order chi connectivity index (χ0) is 6.57. The van der Waals surface area contributed by atoms with Crippen molar-refractivity contribution in [3.05, 3.63) is 12.3 Å². The number of aliphatic hydroxyl groups is 2. The molecule has 0 radical (unpaired) electrons. The quantitative estimate of drug-likeness (QED) is 0.361. The van der Waals surface area contributed by atoms with Gasteiger partial charge in [-0.3, -0.25) is 0 Å². The predicted molar refractivity (Wildman–Crippen MR) is 31.2 cm³/mol. The predicted octanol–water partition coefficient (Wildman–Crippen LogP) is 0.459. The second-order valence-electron chi connectivity index (χ2n) is 1.45. The summed E-state index contributed by atoms with van der Waals surface area (Å²) in [5.41, 5.74) is 0.00694. The van der Waals surface area contributed by atoms with E-state index in [1.165, 1.54) is 6.92 Å². The van der Waals surface area contributed by atoms with Crippen molar-refractivity contribution in [3.63, 3.8) is 0 Å². The third kappa shape index (κ3) is 2.36. The van der Waals surface area contributed by atoms with Crippen LogP contribution in [0.3, 0.4) is 0 Å². The summed E-state index contributed by atoms with van der Waals surface area (Å²) >= 11 is 0. The van der Waals surface area contributed by atoms with Crippen molar-refractivity contribution in [1.29, 1.82) is 5.41 Å². The normalized spacial score (nSPS) is 14.2. The summed E-state index contributed by atoms with van der Waals surface area (Å²) in [6, 6.07) is 0. The van der Waals surface area contributed by atoms with Crippen LogP contribution in [0.15, 0.2) is 12.3 Å². The number of aliphatic hydroxyl groups excluding tert-OH is 2. The molecule has 0 aliphatic heterocycles. The number of hydrogen-bond acceptors (Lipinski definition) is 3. The molecule has 0 amide bonds. The third-order valence-corrected chi connectivity index (χ3v) is 0.704. The Bertz CT molecular complexity index is 107. The second kappa shape index (κ2) is 3.21. The van der Waals surface area contributed by atoms with E-state index >= 15 is 0 Å². The van der Waals surface area contributed by atoms with Crippen LogP contribution >= 0.6 is 0 Å². The summed E-state index contributed by atoms with van der Waals surface area (Å²) < 4.78 is 0. The lowest BCUT2D eigenvalue weighted by atomic mass is 10.2. The first-order valence-electron chi connectivity index (χ1n) is 2.25. The topological polar surface area (TPSA) is 64.3 Å². The van der Waals surface area contributed by atoms with Gasteiger partial charge >= 0.3 is 0 Å². The zero-order valence-electron chi connectivity index (χ0n) is 4.63. The van der Waals surface area contributed by atoms with Crippen molar-refractivity contribution < 1.29 is 10.2 Å². The van der Waals surface area contributed by atoms with Crippen molar-refractivity contribution in [2.24, 2.45) is 0 Å². The minimum atomic E-state index is -0.793. The molecule has 0 aromatic rings. The van der Waals surface area contributed by atoms with Gasteiger partial charge in [-0.15, -0.1) is 0 Å². The highest BCUT2D eigenvalue weighted by molar-refractivity contribution is 5.95. The van der Waals surface area contributed by atoms with E-state index in [1.54, 1.807) is 0 Å². The molecule has 3 heteroatoms. The summed E-state index contributed by atoms with van der Waals surface area (Å²) in [5, 5.41) is 23.5. The maximum Gasteiger partial charge on any atom is 0.0925 e. The molecule has 0 fully saturated rings. The van der Waals surface area contributed by atoms with Crippen LogP contribution in [-0.4, -0.2) is 22.0 Å². The van der Waals surface area contributed by atoms with E-state index in [0.29, 0.717) is 0 Å². The van der Waals surface area contributed by atoms with Crippen LogP contribution < -0.4 is 0 Å². The van der Waals surface area contributed by atoms with Crippen LogP contribution in [-0.2, 0) is 0 Å². The van der Waals surface area contributed by atoms with Gasteiger partial charge in [0.2, 0.25) is 0 Å². The van der Waals surface area contributed by atoms with E-state index in [-0.39, 0.29) is 5.71 Å². The Hall–Kier alpha value is -0.830. The molecule has 0 aromatic carbocycles. The van der Waals surface area contributed by atoms with Crippen LogP contribution in [0.4, 0.5) is 0 Å². The first-order valence-corrected chi connectivity index (χ1v) is 2.25. The van der Waals surface area contributed by atoms with Crippen molar-refractivity contribution in [2.75, 3.05) is 0 Å². The van der Waals surface area contributed by atoms with Gasteiger partial charge in [-0.05, 0) is 13.0 Å². The molecule has 0 aliphatic carbocycles. The molecule has 8 heavy (non-hydrogen) atoms. The Kier molecular flexibility index (Phi) is 2.88. The maximum atomic E-state index is 8.57. The summed E-state index contributed by atoms with van der Waals surface area (Å²) in [7, 11) is 0. The highest BCUT2D eigenvalue weighted by Gasteiger charge is 1.96. The summed E-state index contributed by atoms with van der Waals surface area (Å²) in [5.74, 6) is 0. The molecule has 0 rings (SSSR count). The van der Waals surface area contributed by atoms with Gasteiger partial charge in [0.25, 0.3) is 0 Å². The standard InChI is InChI=1S/C5H9NO2/c1-4(8)5(6)2-3-7/h2-4,6-8H,1H3/b3-2-,6-5?. The highest BCUT2D eigenvalue weighted by Crippen LogP contribution is 1.83. The van der Waals surface area contributed by atoms with E-state index < -0.39 is 6.10 Å². The number of hydrogen-bond donors (Lipinski definition) is 3. The summed E-state index contributed by atoms with van der Waals surface area (Å²) in [6.45, 7) is 1.46. The lowest BCUT2D eigenvalue weighted by molar-refractivity contribution is 0.262. The Labute approximate surface area is 47.8 Å². The molecule has 0 bridgehead atoms. The summed E-state index contributed by atoms with van der Waals surface area (Å²) in [4.78, 5) is 0. The molecule has 3 nitrogen and oxygen atoms in total. The third-order valence-electron chi connectivity index (χ3n) is 0.704. The molecule has 46 valence electrons. The fourth-order valence-electron chi connectivity index (χ4n) is 0.220. The van der Waals surface area contributed by atoms with Gasteiger partial charge in [-0.1, -0.05) is 0 Å². The fraction of sp³-hybridized carbons (Fsp3) is 0.400. The Morgan fingerprint density at radius 1 is 1.75 bits per heavy atom. The SMILES string of the molecule is CC(O)C(=N)/C=C\O. The molecule has 0 spiro atoms. The van der Waals surface area contributed by atoms with Gasteiger partial charge in [0.05, 0.1) is 18.1 Å². The van der Waals surface area contributed by atoms with E-state index in [1.807, 2.05) is 0 Å². The maximum absolute atomic E-state index is 8.57. The Morgan fingerprint density at radius 3 is 2.38 bits per heavy atom. The first-order chi connectivity index (χ1) is 3.68. The van der Waals surface area contributed by atoms with Crippen LogP contribution in [0.1, 0.15) is 6.92 Å². The fourth-order valence-corrected chi connectivity index (χ4v) is 0.220. The molecule has 3 N–H and O–H groups in total. The van der Waals surface area contributed by atoms with Crippen molar-refractivity contribution in [3.8, 4) is 0 Å². The second-order valence-corrected chi connectivity index (χ2v) is 1.45. The molecule has 0 aliphatic rings. The van der Waals surface area contributed by atoms with Crippen LogP contribution in [0, 0.1) is 5.41 Å². The van der Waals surface area contributed by atoms with Crippen LogP contribution in [0.2, 0.25) is 0 Å². The number of rotatable bonds is 2. The molecule has 0 saturated heterocycles. The van der Waals surface area contributed by atoms with E-state index in [0.717, 1.165) is 12.3 Å². The van der Waals surface area contributed by atoms with Crippen molar-refractivity contribution in [1.82, 2.24) is 0 Å². The monoisotopic (exact) mass is 115 g/mol. The smallest absolute Gasteiger partial charge is 0.0925 e. The van der Waals surface area contributed by atoms with Crippen LogP contribution in [0.5, 0.6) is 0 Å². The van der Waals surface area contributed by atoms with Gasteiger partial charge < -0.3 is 15.6 Å².